The highest BCUT2D eigenvalue weighted by atomic mass is 32.2. The van der Waals surface area contributed by atoms with Crippen molar-refractivity contribution < 1.29 is 12.8 Å². The summed E-state index contributed by atoms with van der Waals surface area (Å²) in [6, 6.07) is 0. The Morgan fingerprint density at radius 2 is 2.21 bits per heavy atom. The Balaban J connectivity index is 1.93. The van der Waals surface area contributed by atoms with Gasteiger partial charge in [-0.1, -0.05) is 6.92 Å². The second-order valence-corrected chi connectivity index (χ2v) is 7.64. The zero-order valence-electron chi connectivity index (χ0n) is 11.8. The van der Waals surface area contributed by atoms with Crippen LogP contribution in [0.1, 0.15) is 30.7 Å². The third kappa shape index (κ3) is 4.04. The molecule has 1 aromatic rings. The maximum Gasteiger partial charge on any atom is 0.194 e. The molecule has 0 N–H and O–H groups in total. The molecule has 0 aliphatic carbocycles. The summed E-state index contributed by atoms with van der Waals surface area (Å²) >= 11 is 0. The molecule has 0 amide bonds. The third-order valence-corrected chi connectivity index (χ3v) is 4.59. The van der Waals surface area contributed by atoms with Gasteiger partial charge in [-0.25, -0.2) is 13.4 Å². The summed E-state index contributed by atoms with van der Waals surface area (Å²) in [7, 11) is -2.87. The molecule has 1 aromatic heterocycles. The van der Waals surface area contributed by atoms with Crippen molar-refractivity contribution >= 4 is 9.84 Å². The number of nitrogens with zero attached hydrogens (tertiary/aromatic N) is 2. The lowest BCUT2D eigenvalue weighted by atomic mass is 10.2. The minimum Gasteiger partial charge on any atom is -0.444 e. The number of hydrogen-bond acceptors (Lipinski definition) is 5. The first-order valence-electron chi connectivity index (χ1n) is 6.72. The molecule has 1 saturated heterocycles. The molecule has 0 bridgehead atoms. The Morgan fingerprint density at radius 3 is 2.79 bits per heavy atom. The van der Waals surface area contributed by atoms with Gasteiger partial charge in [0, 0.05) is 19.2 Å². The molecule has 5 nitrogen and oxygen atoms in total. The van der Waals surface area contributed by atoms with Crippen molar-refractivity contribution in [1.82, 2.24) is 9.88 Å². The Bertz CT molecular complexity index is 536. The van der Waals surface area contributed by atoms with Crippen LogP contribution in [0.15, 0.2) is 4.42 Å². The normalized spacial score (nSPS) is 21.1. The summed E-state index contributed by atoms with van der Waals surface area (Å²) in [5, 5.41) is 0. The van der Waals surface area contributed by atoms with Gasteiger partial charge in [0.05, 0.1) is 18.0 Å². The first-order valence-corrected chi connectivity index (χ1v) is 8.78. The van der Waals surface area contributed by atoms with Crippen molar-refractivity contribution in [3.05, 3.63) is 17.3 Å². The van der Waals surface area contributed by atoms with Gasteiger partial charge >= 0.3 is 0 Å². The summed E-state index contributed by atoms with van der Waals surface area (Å²) in [6.45, 7) is 6.48. The van der Waals surface area contributed by atoms with E-state index < -0.39 is 9.84 Å². The smallest absolute Gasteiger partial charge is 0.194 e. The Morgan fingerprint density at radius 1 is 1.47 bits per heavy atom. The fourth-order valence-electron chi connectivity index (χ4n) is 2.61. The third-order valence-electron chi connectivity index (χ3n) is 3.52. The molecule has 0 radical (unpaired) electrons. The van der Waals surface area contributed by atoms with Crippen LogP contribution < -0.4 is 0 Å². The van der Waals surface area contributed by atoms with E-state index in [4.69, 9.17) is 4.42 Å². The van der Waals surface area contributed by atoms with Gasteiger partial charge in [-0.3, -0.25) is 4.90 Å². The molecule has 1 unspecified atom stereocenters. The second-order valence-electron chi connectivity index (χ2n) is 5.45. The van der Waals surface area contributed by atoms with E-state index in [2.05, 4.69) is 9.88 Å². The number of oxazole rings is 1. The van der Waals surface area contributed by atoms with Gasteiger partial charge in [-0.2, -0.15) is 0 Å². The zero-order chi connectivity index (χ0) is 14.0. The molecule has 6 heteroatoms. The Labute approximate surface area is 114 Å². The average molecular weight is 286 g/mol. The first-order chi connectivity index (χ1) is 8.87. The van der Waals surface area contributed by atoms with Crippen molar-refractivity contribution in [2.24, 2.45) is 5.92 Å². The lowest BCUT2D eigenvalue weighted by Crippen LogP contribution is -2.22. The molecule has 108 valence electrons. The SMILES string of the molecule is CCc1nc(C)c(CN2CCC(CS(C)(=O)=O)C2)o1. The van der Waals surface area contributed by atoms with Crippen LogP contribution >= 0.6 is 0 Å². The van der Waals surface area contributed by atoms with Crippen molar-refractivity contribution in [1.29, 1.82) is 0 Å². The minimum atomic E-state index is -2.87. The van der Waals surface area contributed by atoms with Crippen LogP contribution in [0.2, 0.25) is 0 Å². The van der Waals surface area contributed by atoms with Crippen LogP contribution in [0.5, 0.6) is 0 Å². The predicted octanol–water partition coefficient (Wildman–Crippen LogP) is 1.41. The van der Waals surface area contributed by atoms with Crippen molar-refractivity contribution in [3.8, 4) is 0 Å². The summed E-state index contributed by atoms with van der Waals surface area (Å²) in [6.07, 6.45) is 3.06. The van der Waals surface area contributed by atoms with Gasteiger partial charge in [0.2, 0.25) is 0 Å². The molecule has 1 fully saturated rings. The number of rotatable bonds is 5. The van der Waals surface area contributed by atoms with Gasteiger partial charge in [-0.05, 0) is 25.8 Å². The van der Waals surface area contributed by atoms with Gasteiger partial charge in [0.1, 0.15) is 15.6 Å². The molecule has 2 heterocycles. The highest BCUT2D eigenvalue weighted by Crippen LogP contribution is 2.21. The van der Waals surface area contributed by atoms with E-state index in [1.165, 1.54) is 6.26 Å². The van der Waals surface area contributed by atoms with Crippen LogP contribution in [0.4, 0.5) is 0 Å². The van der Waals surface area contributed by atoms with E-state index in [9.17, 15) is 8.42 Å². The predicted molar refractivity (Wildman–Crippen MR) is 73.7 cm³/mol. The highest BCUT2D eigenvalue weighted by Gasteiger charge is 2.26. The van der Waals surface area contributed by atoms with E-state index in [0.717, 1.165) is 49.8 Å². The second kappa shape index (κ2) is 5.63. The molecular formula is C13H22N2O3S. The van der Waals surface area contributed by atoms with Crippen LogP contribution in [0.25, 0.3) is 0 Å². The maximum absolute atomic E-state index is 11.3. The molecule has 0 spiro atoms. The Kier molecular flexibility index (Phi) is 4.30. The molecule has 1 aliphatic heterocycles. The summed E-state index contributed by atoms with van der Waals surface area (Å²) < 4.78 is 28.3. The number of aromatic nitrogens is 1. The molecule has 1 aliphatic rings. The average Bonchev–Trinajstić information content (AvgIpc) is 2.85. The van der Waals surface area contributed by atoms with Crippen LogP contribution in [0, 0.1) is 12.8 Å². The van der Waals surface area contributed by atoms with Gasteiger partial charge in [0.15, 0.2) is 5.89 Å². The molecule has 2 rings (SSSR count). The zero-order valence-corrected chi connectivity index (χ0v) is 12.7. The van der Waals surface area contributed by atoms with Crippen LogP contribution in [-0.2, 0) is 22.8 Å². The number of likely N-dealkylation sites (tertiary alicyclic amines) is 1. The molecular weight excluding hydrogens is 264 g/mol. The van der Waals surface area contributed by atoms with E-state index in [1.807, 2.05) is 13.8 Å². The van der Waals surface area contributed by atoms with Crippen molar-refractivity contribution in [2.75, 3.05) is 25.1 Å². The highest BCUT2D eigenvalue weighted by molar-refractivity contribution is 7.90. The van der Waals surface area contributed by atoms with Crippen molar-refractivity contribution in [3.63, 3.8) is 0 Å². The van der Waals surface area contributed by atoms with E-state index in [-0.39, 0.29) is 5.92 Å². The molecule has 0 saturated carbocycles. The van der Waals surface area contributed by atoms with Crippen LogP contribution in [0.3, 0.4) is 0 Å². The maximum atomic E-state index is 11.3. The number of sulfone groups is 1. The van der Waals surface area contributed by atoms with Crippen LogP contribution in [-0.4, -0.2) is 43.4 Å². The Hall–Kier alpha value is -0.880. The van der Waals surface area contributed by atoms with Gasteiger partial charge in [-0.15, -0.1) is 0 Å². The summed E-state index contributed by atoms with van der Waals surface area (Å²) in [4.78, 5) is 6.61. The summed E-state index contributed by atoms with van der Waals surface area (Å²) in [5.41, 5.74) is 0.948. The topological polar surface area (TPSA) is 63.4 Å². The molecule has 0 aromatic carbocycles. The number of hydrogen-bond donors (Lipinski definition) is 0. The largest absolute Gasteiger partial charge is 0.444 e. The number of aryl methyl sites for hydroxylation is 2. The monoisotopic (exact) mass is 286 g/mol. The van der Waals surface area contributed by atoms with E-state index in [0.29, 0.717) is 5.75 Å². The van der Waals surface area contributed by atoms with E-state index >= 15 is 0 Å². The van der Waals surface area contributed by atoms with Crippen molar-refractivity contribution in [2.45, 2.75) is 33.2 Å². The lowest BCUT2D eigenvalue weighted by Gasteiger charge is -2.14. The first kappa shape index (κ1) is 14.5. The fourth-order valence-corrected chi connectivity index (χ4v) is 3.74. The molecule has 1 atom stereocenters. The van der Waals surface area contributed by atoms with E-state index in [1.54, 1.807) is 0 Å². The lowest BCUT2D eigenvalue weighted by molar-refractivity contribution is 0.284. The molecule has 19 heavy (non-hydrogen) atoms. The quantitative estimate of drug-likeness (QED) is 0.819. The van der Waals surface area contributed by atoms with Gasteiger partial charge in [0.25, 0.3) is 0 Å². The minimum absolute atomic E-state index is 0.254. The summed E-state index contributed by atoms with van der Waals surface area (Å²) in [5.74, 6) is 2.24. The fraction of sp³-hybridized carbons (Fsp3) is 0.769. The standard InChI is InChI=1S/C13H22N2O3S/c1-4-13-14-10(2)12(18-13)8-15-6-5-11(7-15)9-19(3,16)17/h11H,4-9H2,1-3H3. The van der Waals surface area contributed by atoms with Gasteiger partial charge < -0.3 is 4.42 Å².